The number of aryl methyl sites for hydroxylation is 3. The van der Waals surface area contributed by atoms with Gasteiger partial charge in [-0.3, -0.25) is 14.6 Å². The fourth-order valence-corrected chi connectivity index (χ4v) is 4.59. The number of aromatic nitrogens is 1. The average Bonchev–Trinajstić information content (AvgIpc) is 3.20. The number of ketones is 1. The van der Waals surface area contributed by atoms with Gasteiger partial charge in [0.25, 0.3) is 0 Å². The van der Waals surface area contributed by atoms with Crippen LogP contribution in [0.5, 0.6) is 0 Å². The van der Waals surface area contributed by atoms with Crippen molar-refractivity contribution in [2.24, 2.45) is 5.73 Å². The van der Waals surface area contributed by atoms with Gasteiger partial charge in [-0.25, -0.2) is 0 Å². The first-order chi connectivity index (χ1) is 14.0. The van der Waals surface area contributed by atoms with Crippen LogP contribution in [0.1, 0.15) is 35.2 Å². The van der Waals surface area contributed by atoms with Crippen LogP contribution in [0.4, 0.5) is 5.69 Å². The second-order valence-electron chi connectivity index (χ2n) is 7.47. The Bertz CT molecular complexity index is 810. The Morgan fingerprint density at radius 2 is 1.76 bits per heavy atom. The lowest BCUT2D eigenvalue weighted by atomic mass is 10.1. The molecule has 29 heavy (non-hydrogen) atoms. The second-order valence-corrected chi connectivity index (χ2v) is 8.72. The third kappa shape index (κ3) is 6.37. The number of Topliss-reactive ketones (excluding diaryl/α,β-unsaturated/α-hetero) is 1. The molecule has 2 N–H and O–H groups in total. The second kappa shape index (κ2) is 10.5. The molecule has 0 unspecified atom stereocenters. The molecule has 1 saturated heterocycles. The predicted molar refractivity (Wildman–Crippen MR) is 117 cm³/mol. The van der Waals surface area contributed by atoms with E-state index in [1.165, 1.54) is 9.75 Å². The molecule has 0 radical (unpaired) electrons. The highest BCUT2D eigenvalue weighted by atomic mass is 32.1. The largest absolute Gasteiger partial charge is 0.367 e. The molecular formula is C22H30N4O2S. The minimum Gasteiger partial charge on any atom is -0.367 e. The van der Waals surface area contributed by atoms with Crippen LogP contribution >= 0.6 is 11.3 Å². The number of piperazine rings is 1. The van der Waals surface area contributed by atoms with E-state index in [0.717, 1.165) is 63.2 Å². The van der Waals surface area contributed by atoms with Crippen molar-refractivity contribution in [2.45, 2.75) is 39.0 Å². The summed E-state index contributed by atoms with van der Waals surface area (Å²) in [5.74, 6) is 0.288. The van der Waals surface area contributed by atoms with Crippen molar-refractivity contribution in [1.29, 1.82) is 0 Å². The predicted octanol–water partition coefficient (Wildman–Crippen LogP) is 2.45. The molecule has 7 heteroatoms. The molecule has 0 saturated carbocycles. The summed E-state index contributed by atoms with van der Waals surface area (Å²) in [5.41, 5.74) is 7.57. The molecule has 1 amide bonds. The number of thiophene rings is 1. The number of anilines is 1. The van der Waals surface area contributed by atoms with Gasteiger partial charge in [-0.15, -0.1) is 11.3 Å². The van der Waals surface area contributed by atoms with Gasteiger partial charge in [-0.2, -0.15) is 0 Å². The van der Waals surface area contributed by atoms with Crippen molar-refractivity contribution in [1.82, 2.24) is 9.88 Å². The van der Waals surface area contributed by atoms with Crippen LogP contribution in [-0.2, 0) is 28.9 Å². The molecule has 2 aromatic rings. The van der Waals surface area contributed by atoms with Gasteiger partial charge >= 0.3 is 0 Å². The van der Waals surface area contributed by atoms with Crippen LogP contribution in [0, 0.1) is 0 Å². The molecule has 1 aliphatic heterocycles. The SMILES string of the molecule is CC(=O)N1CCN(c2ccc(CCc3ccc(CCCC(=O)CN)s3)nc2)CC1. The zero-order valence-electron chi connectivity index (χ0n) is 17.1. The molecule has 1 aliphatic rings. The van der Waals surface area contributed by atoms with Crippen molar-refractivity contribution in [2.75, 3.05) is 37.6 Å². The first-order valence-electron chi connectivity index (χ1n) is 10.3. The van der Waals surface area contributed by atoms with Gasteiger partial charge in [0.1, 0.15) is 5.78 Å². The van der Waals surface area contributed by atoms with E-state index >= 15 is 0 Å². The Balaban J connectivity index is 1.44. The van der Waals surface area contributed by atoms with Crippen molar-refractivity contribution in [3.63, 3.8) is 0 Å². The summed E-state index contributed by atoms with van der Waals surface area (Å²) < 4.78 is 0. The quantitative estimate of drug-likeness (QED) is 0.682. The van der Waals surface area contributed by atoms with E-state index in [2.05, 4.69) is 34.1 Å². The minimum absolute atomic E-state index is 0.136. The number of amides is 1. The molecule has 6 nitrogen and oxygen atoms in total. The molecule has 3 rings (SSSR count). The van der Waals surface area contributed by atoms with Gasteiger partial charge in [0.15, 0.2) is 0 Å². The zero-order chi connectivity index (χ0) is 20.6. The Labute approximate surface area is 176 Å². The first-order valence-corrected chi connectivity index (χ1v) is 11.1. The number of rotatable bonds is 9. The van der Waals surface area contributed by atoms with Crippen LogP contribution in [0.2, 0.25) is 0 Å². The summed E-state index contributed by atoms with van der Waals surface area (Å²) >= 11 is 1.83. The highest BCUT2D eigenvalue weighted by molar-refractivity contribution is 7.11. The molecule has 0 spiro atoms. The van der Waals surface area contributed by atoms with E-state index in [1.807, 2.05) is 22.4 Å². The number of nitrogens with two attached hydrogens (primary N) is 1. The number of hydrogen-bond donors (Lipinski definition) is 1. The maximum atomic E-state index is 11.4. The fourth-order valence-electron chi connectivity index (χ4n) is 3.54. The van der Waals surface area contributed by atoms with E-state index < -0.39 is 0 Å². The van der Waals surface area contributed by atoms with Crippen LogP contribution in [0.15, 0.2) is 30.5 Å². The maximum absolute atomic E-state index is 11.4. The van der Waals surface area contributed by atoms with Gasteiger partial charge in [0, 0.05) is 55.0 Å². The molecule has 0 atom stereocenters. The van der Waals surface area contributed by atoms with Crippen molar-refractivity contribution in [3.8, 4) is 0 Å². The topological polar surface area (TPSA) is 79.5 Å². The zero-order valence-corrected chi connectivity index (χ0v) is 17.9. The molecule has 0 bridgehead atoms. The standard InChI is InChI=1S/C22H30N4O2S/c1-17(27)25-11-13-26(14-12-25)19-7-5-18(24-16-19)6-8-22-10-9-21(29-22)4-2-3-20(28)15-23/h5,7,9-10,16H,2-4,6,8,11-15,23H2,1H3. The number of carbonyl (C=O) groups is 2. The summed E-state index contributed by atoms with van der Waals surface area (Å²) in [6.45, 7) is 5.04. The molecule has 0 aliphatic carbocycles. The number of hydrogen-bond acceptors (Lipinski definition) is 6. The Morgan fingerprint density at radius 1 is 1.03 bits per heavy atom. The summed E-state index contributed by atoms with van der Waals surface area (Å²) in [6.07, 6.45) is 6.25. The van der Waals surface area contributed by atoms with Crippen LogP contribution < -0.4 is 10.6 Å². The van der Waals surface area contributed by atoms with Gasteiger partial charge in [-0.05, 0) is 49.9 Å². The number of nitrogens with zero attached hydrogens (tertiary/aromatic N) is 3. The van der Waals surface area contributed by atoms with Gasteiger partial charge in [-0.1, -0.05) is 0 Å². The molecule has 2 aromatic heterocycles. The highest BCUT2D eigenvalue weighted by Gasteiger charge is 2.18. The number of pyridine rings is 1. The molecule has 0 aromatic carbocycles. The third-order valence-electron chi connectivity index (χ3n) is 5.35. The van der Waals surface area contributed by atoms with E-state index in [1.54, 1.807) is 6.92 Å². The average molecular weight is 415 g/mol. The highest BCUT2D eigenvalue weighted by Crippen LogP contribution is 2.21. The molecule has 3 heterocycles. The van der Waals surface area contributed by atoms with E-state index in [-0.39, 0.29) is 18.2 Å². The summed E-state index contributed by atoms with van der Waals surface area (Å²) in [4.78, 5) is 34.2. The minimum atomic E-state index is 0.136. The van der Waals surface area contributed by atoms with Crippen LogP contribution in [0.3, 0.4) is 0 Å². The normalized spacial score (nSPS) is 14.3. The van der Waals surface area contributed by atoms with Crippen molar-refractivity contribution in [3.05, 3.63) is 45.9 Å². The smallest absolute Gasteiger partial charge is 0.219 e. The first kappa shape index (κ1) is 21.5. The monoisotopic (exact) mass is 414 g/mol. The van der Waals surface area contributed by atoms with Gasteiger partial charge in [0.2, 0.25) is 5.91 Å². The molecule has 1 fully saturated rings. The lowest BCUT2D eigenvalue weighted by Crippen LogP contribution is -2.48. The lowest BCUT2D eigenvalue weighted by Gasteiger charge is -2.35. The third-order valence-corrected chi connectivity index (χ3v) is 6.56. The fraction of sp³-hybridized carbons (Fsp3) is 0.500. The van der Waals surface area contributed by atoms with E-state index in [4.69, 9.17) is 5.73 Å². The van der Waals surface area contributed by atoms with Crippen molar-refractivity contribution < 1.29 is 9.59 Å². The number of carbonyl (C=O) groups excluding carboxylic acids is 2. The Hall–Kier alpha value is -2.25. The molecular weight excluding hydrogens is 384 g/mol. The van der Waals surface area contributed by atoms with E-state index in [9.17, 15) is 9.59 Å². The van der Waals surface area contributed by atoms with Gasteiger partial charge < -0.3 is 15.5 Å². The summed E-state index contributed by atoms with van der Waals surface area (Å²) in [5, 5.41) is 0. The Morgan fingerprint density at radius 3 is 2.38 bits per heavy atom. The Kier molecular flexibility index (Phi) is 7.77. The molecule has 156 valence electrons. The summed E-state index contributed by atoms with van der Waals surface area (Å²) in [6, 6.07) is 8.61. The summed E-state index contributed by atoms with van der Waals surface area (Å²) in [7, 11) is 0. The van der Waals surface area contributed by atoms with Gasteiger partial charge in [0.05, 0.1) is 18.4 Å². The van der Waals surface area contributed by atoms with E-state index in [0.29, 0.717) is 6.42 Å². The van der Waals surface area contributed by atoms with Crippen molar-refractivity contribution >= 4 is 28.7 Å². The maximum Gasteiger partial charge on any atom is 0.219 e. The van der Waals surface area contributed by atoms with Crippen LogP contribution in [-0.4, -0.2) is 54.3 Å². The lowest BCUT2D eigenvalue weighted by molar-refractivity contribution is -0.129. The van der Waals surface area contributed by atoms with Crippen LogP contribution in [0.25, 0.3) is 0 Å².